The van der Waals surface area contributed by atoms with E-state index in [1.165, 1.54) is 27.4 Å². The van der Waals surface area contributed by atoms with E-state index in [1.807, 2.05) is 6.92 Å². The minimum Gasteiger partial charge on any atom is -0.476 e. The van der Waals surface area contributed by atoms with E-state index in [0.29, 0.717) is 32.3 Å². The minimum atomic E-state index is -0.119. The fourth-order valence-corrected chi connectivity index (χ4v) is 5.82. The summed E-state index contributed by atoms with van der Waals surface area (Å²) >= 11 is 0. The molecule has 6 nitrogen and oxygen atoms in total. The van der Waals surface area contributed by atoms with Crippen LogP contribution in [0.5, 0.6) is 5.88 Å². The fourth-order valence-electron chi connectivity index (χ4n) is 5.82. The summed E-state index contributed by atoms with van der Waals surface area (Å²) < 4.78 is 21.8. The highest BCUT2D eigenvalue weighted by Gasteiger charge is 2.24. The van der Waals surface area contributed by atoms with Crippen molar-refractivity contribution in [3.63, 3.8) is 0 Å². The predicted octanol–water partition coefficient (Wildman–Crippen LogP) is 5.27. The van der Waals surface area contributed by atoms with Crippen molar-refractivity contribution in [2.75, 3.05) is 26.4 Å². The summed E-state index contributed by atoms with van der Waals surface area (Å²) in [6, 6.07) is 25.3. The maximum Gasteiger partial charge on any atom is 0.197 e. The lowest BCUT2D eigenvalue weighted by Gasteiger charge is -2.28. The highest BCUT2D eigenvalue weighted by molar-refractivity contribution is 6.09. The van der Waals surface area contributed by atoms with Crippen LogP contribution in [0.2, 0.25) is 0 Å². The van der Waals surface area contributed by atoms with Crippen molar-refractivity contribution in [3.8, 4) is 22.8 Å². The van der Waals surface area contributed by atoms with Gasteiger partial charge in [0.2, 0.25) is 0 Å². The molecule has 186 valence electrons. The summed E-state index contributed by atoms with van der Waals surface area (Å²) in [6.07, 6.45) is 0.737. The molecule has 0 saturated carbocycles. The van der Waals surface area contributed by atoms with Crippen LogP contribution in [0.4, 0.5) is 0 Å². The molecule has 7 rings (SSSR count). The van der Waals surface area contributed by atoms with Gasteiger partial charge in [-0.25, -0.2) is 0 Å². The molecule has 0 bridgehead atoms. The largest absolute Gasteiger partial charge is 0.476 e. The van der Waals surface area contributed by atoms with Crippen molar-refractivity contribution in [2.45, 2.75) is 26.0 Å². The van der Waals surface area contributed by atoms with Gasteiger partial charge in [0.15, 0.2) is 11.3 Å². The lowest BCUT2D eigenvalue weighted by atomic mass is 9.94. The monoisotopic (exact) mass is 492 g/mol. The predicted molar refractivity (Wildman–Crippen MR) is 145 cm³/mol. The Bertz CT molecular complexity index is 1660. The lowest BCUT2D eigenvalue weighted by molar-refractivity contribution is -0.102. The highest BCUT2D eigenvalue weighted by atomic mass is 16.6. The number of hydrogen-bond acceptors (Lipinski definition) is 4. The van der Waals surface area contributed by atoms with Gasteiger partial charge in [-0.05, 0) is 43.2 Å². The Morgan fingerprint density at radius 3 is 2.43 bits per heavy atom. The molecule has 0 N–H and O–H groups in total. The quantitative estimate of drug-likeness (QED) is 0.343. The van der Waals surface area contributed by atoms with E-state index in [1.54, 1.807) is 6.07 Å². The molecule has 6 heteroatoms. The normalized spacial score (nSPS) is 17.1. The molecule has 0 amide bonds. The zero-order chi connectivity index (χ0) is 24.9. The molecule has 4 heterocycles. The van der Waals surface area contributed by atoms with Gasteiger partial charge < -0.3 is 23.3 Å². The van der Waals surface area contributed by atoms with Crippen LogP contribution >= 0.6 is 0 Å². The van der Waals surface area contributed by atoms with Crippen LogP contribution in [0.3, 0.4) is 0 Å². The van der Waals surface area contributed by atoms with Crippen LogP contribution in [-0.2, 0) is 22.4 Å². The first kappa shape index (κ1) is 22.3. The van der Waals surface area contributed by atoms with E-state index in [9.17, 15) is 4.79 Å². The van der Waals surface area contributed by atoms with Crippen molar-refractivity contribution >= 4 is 21.8 Å². The van der Waals surface area contributed by atoms with Gasteiger partial charge >= 0.3 is 0 Å². The number of aromatic nitrogens is 2. The molecule has 37 heavy (non-hydrogen) atoms. The number of hydrogen-bond donors (Lipinski definition) is 0. The molecule has 1 fully saturated rings. The van der Waals surface area contributed by atoms with Crippen LogP contribution in [0.15, 0.2) is 77.6 Å². The SMILES string of the molecule is Cc1c2n(c(OCC3COCCO3)cc1=O)CCc1cc(-n3c4ccccc4c4ccccc43)ccc1-2. The van der Waals surface area contributed by atoms with Gasteiger partial charge in [-0.2, -0.15) is 0 Å². The molecule has 2 aliphatic heterocycles. The maximum absolute atomic E-state index is 13.0. The summed E-state index contributed by atoms with van der Waals surface area (Å²) in [5.41, 5.74) is 7.52. The second kappa shape index (κ2) is 8.91. The Hall–Kier alpha value is -3.87. The molecular weight excluding hydrogens is 464 g/mol. The summed E-state index contributed by atoms with van der Waals surface area (Å²) in [5.74, 6) is 0.594. The minimum absolute atomic E-state index is 0.0126. The Labute approximate surface area is 214 Å². The molecule has 0 spiro atoms. The average Bonchev–Trinajstić information content (AvgIpc) is 3.28. The number of aryl methyl sites for hydroxylation is 1. The molecule has 0 aliphatic carbocycles. The van der Waals surface area contributed by atoms with Crippen molar-refractivity contribution in [2.24, 2.45) is 0 Å². The Morgan fingerprint density at radius 1 is 0.946 bits per heavy atom. The van der Waals surface area contributed by atoms with Gasteiger partial charge in [0.05, 0.1) is 36.5 Å². The molecule has 1 saturated heterocycles. The van der Waals surface area contributed by atoms with Crippen LogP contribution in [-0.4, -0.2) is 41.7 Å². The van der Waals surface area contributed by atoms with E-state index < -0.39 is 0 Å². The Morgan fingerprint density at radius 2 is 1.70 bits per heavy atom. The molecule has 5 aromatic rings. The van der Waals surface area contributed by atoms with Crippen molar-refractivity contribution in [3.05, 3.63) is 94.1 Å². The van der Waals surface area contributed by atoms with Crippen LogP contribution in [0, 0.1) is 6.92 Å². The molecule has 0 radical (unpaired) electrons. The van der Waals surface area contributed by atoms with Gasteiger partial charge in [0.1, 0.15) is 12.7 Å². The molecule has 2 aromatic heterocycles. The number of ether oxygens (including phenoxy) is 3. The number of rotatable bonds is 4. The van der Waals surface area contributed by atoms with E-state index in [4.69, 9.17) is 14.2 Å². The fraction of sp³-hybridized carbons (Fsp3) is 0.258. The van der Waals surface area contributed by atoms with Crippen molar-refractivity contribution in [1.82, 2.24) is 9.13 Å². The number of nitrogens with zero attached hydrogens (tertiary/aromatic N) is 2. The third-order valence-electron chi connectivity index (χ3n) is 7.60. The number of para-hydroxylation sites is 2. The van der Waals surface area contributed by atoms with E-state index >= 15 is 0 Å². The van der Waals surface area contributed by atoms with Gasteiger partial charge in [-0.3, -0.25) is 4.79 Å². The second-order valence-corrected chi connectivity index (χ2v) is 9.81. The van der Waals surface area contributed by atoms with E-state index in [2.05, 4.69) is 75.9 Å². The molecule has 2 aliphatic rings. The van der Waals surface area contributed by atoms with Crippen LogP contribution in [0.25, 0.3) is 38.8 Å². The maximum atomic E-state index is 13.0. The molecule has 1 unspecified atom stereocenters. The Kier molecular flexibility index (Phi) is 5.38. The van der Waals surface area contributed by atoms with Gasteiger partial charge in [-0.1, -0.05) is 42.5 Å². The number of fused-ring (bicyclic) bond motifs is 6. The third-order valence-corrected chi connectivity index (χ3v) is 7.60. The first-order chi connectivity index (χ1) is 18.2. The van der Waals surface area contributed by atoms with Gasteiger partial charge in [0.25, 0.3) is 0 Å². The number of benzene rings is 3. The third kappa shape index (κ3) is 3.67. The molecular formula is C31H28N2O4. The first-order valence-corrected chi connectivity index (χ1v) is 12.9. The summed E-state index contributed by atoms with van der Waals surface area (Å²) in [4.78, 5) is 13.0. The van der Waals surface area contributed by atoms with E-state index in [0.717, 1.165) is 35.5 Å². The standard InChI is InChI=1S/C31H28N2O4/c1-20-29(34)17-30(37-19-23-18-35-14-15-36-23)32-13-12-21-16-22(10-11-24(21)31(20)32)33-27-8-4-2-6-25(27)26-7-3-5-9-28(26)33/h2-11,16-17,23H,12-15,18-19H2,1H3. The average molecular weight is 493 g/mol. The zero-order valence-corrected chi connectivity index (χ0v) is 20.8. The topological polar surface area (TPSA) is 54.6 Å². The van der Waals surface area contributed by atoms with Crippen LogP contribution < -0.4 is 10.2 Å². The van der Waals surface area contributed by atoms with Crippen molar-refractivity contribution < 1.29 is 14.2 Å². The van der Waals surface area contributed by atoms with Gasteiger partial charge in [0, 0.05) is 40.2 Å². The molecule has 1 atom stereocenters. The van der Waals surface area contributed by atoms with Crippen LogP contribution in [0.1, 0.15) is 11.1 Å². The van der Waals surface area contributed by atoms with E-state index in [-0.39, 0.29) is 11.5 Å². The lowest BCUT2D eigenvalue weighted by Crippen LogP contribution is -2.34. The smallest absolute Gasteiger partial charge is 0.197 e. The zero-order valence-electron chi connectivity index (χ0n) is 20.8. The van der Waals surface area contributed by atoms with Gasteiger partial charge in [-0.15, -0.1) is 0 Å². The number of pyridine rings is 1. The summed E-state index contributed by atoms with van der Waals surface area (Å²) in [5, 5.41) is 2.50. The van der Waals surface area contributed by atoms with Crippen molar-refractivity contribution in [1.29, 1.82) is 0 Å². The first-order valence-electron chi connectivity index (χ1n) is 12.9. The summed E-state index contributed by atoms with van der Waals surface area (Å²) in [6.45, 7) is 4.72. The summed E-state index contributed by atoms with van der Waals surface area (Å²) in [7, 11) is 0. The highest BCUT2D eigenvalue weighted by Crippen LogP contribution is 2.37. The Balaban J connectivity index is 1.32. The molecule has 3 aromatic carbocycles. The second-order valence-electron chi connectivity index (χ2n) is 9.81.